The van der Waals surface area contributed by atoms with Gasteiger partial charge in [-0.05, 0) is 51.0 Å². The van der Waals surface area contributed by atoms with Gasteiger partial charge in [-0.15, -0.1) is 0 Å². The maximum absolute atomic E-state index is 13.2. The third kappa shape index (κ3) is 5.70. The van der Waals surface area contributed by atoms with E-state index in [1.54, 1.807) is 28.9 Å². The Kier molecular flexibility index (Phi) is 7.20. The van der Waals surface area contributed by atoms with Crippen LogP contribution >= 0.6 is 22.9 Å². The molecule has 0 aliphatic heterocycles. The fraction of sp³-hybridized carbons (Fsp3) is 0.280. The Morgan fingerprint density at radius 2 is 1.86 bits per heavy atom. The summed E-state index contributed by atoms with van der Waals surface area (Å²) in [5.41, 5.74) is 1.64. The second-order valence-corrected chi connectivity index (χ2v) is 10.5. The molecular formula is C25H26ClN5O3S. The van der Waals surface area contributed by atoms with Gasteiger partial charge in [-0.3, -0.25) is 14.9 Å². The number of fused-ring (bicyclic) bond motifs is 1. The van der Waals surface area contributed by atoms with Gasteiger partial charge in [0.05, 0.1) is 18.2 Å². The Morgan fingerprint density at radius 1 is 1.11 bits per heavy atom. The highest BCUT2D eigenvalue weighted by Crippen LogP contribution is 2.32. The van der Waals surface area contributed by atoms with Gasteiger partial charge in [0.25, 0.3) is 11.8 Å². The van der Waals surface area contributed by atoms with Gasteiger partial charge in [0, 0.05) is 10.6 Å². The number of nitrogens with one attached hydrogen (secondary N) is 2. The van der Waals surface area contributed by atoms with E-state index in [4.69, 9.17) is 11.6 Å². The molecule has 2 aromatic heterocycles. The first kappa shape index (κ1) is 24.8. The Bertz CT molecular complexity index is 1360. The molecule has 0 fully saturated rings. The largest absolute Gasteiger partial charge is 0.394 e. The second kappa shape index (κ2) is 10.2. The van der Waals surface area contributed by atoms with Gasteiger partial charge in [0.2, 0.25) is 0 Å². The summed E-state index contributed by atoms with van der Waals surface area (Å²) in [4.78, 5) is 30.5. The van der Waals surface area contributed by atoms with Crippen LogP contribution in [0.1, 0.15) is 47.2 Å². The van der Waals surface area contributed by atoms with Crippen molar-refractivity contribution in [2.24, 2.45) is 0 Å². The van der Waals surface area contributed by atoms with E-state index < -0.39 is 17.5 Å². The Balaban J connectivity index is 1.62. The lowest BCUT2D eigenvalue weighted by molar-refractivity contribution is 0.0911. The smallest absolute Gasteiger partial charge is 0.273 e. The van der Waals surface area contributed by atoms with Crippen LogP contribution in [0.2, 0.25) is 5.02 Å². The van der Waals surface area contributed by atoms with E-state index in [9.17, 15) is 14.7 Å². The highest BCUT2D eigenvalue weighted by molar-refractivity contribution is 7.22. The van der Waals surface area contributed by atoms with E-state index in [0.29, 0.717) is 32.5 Å². The second-order valence-electron chi connectivity index (χ2n) is 9.11. The number of amides is 2. The molecule has 0 aliphatic carbocycles. The average Bonchev–Trinajstić information content (AvgIpc) is 3.37. The maximum atomic E-state index is 13.2. The first-order valence-electron chi connectivity index (χ1n) is 11.1. The van der Waals surface area contributed by atoms with Crippen molar-refractivity contribution in [3.8, 4) is 0 Å². The minimum Gasteiger partial charge on any atom is -0.394 e. The lowest BCUT2D eigenvalue weighted by atomic mass is 10.1. The molecule has 4 rings (SSSR count). The number of halogens is 1. The predicted octanol–water partition coefficient (Wildman–Crippen LogP) is 4.49. The molecule has 0 saturated carbocycles. The van der Waals surface area contributed by atoms with Gasteiger partial charge in [-0.2, -0.15) is 10.1 Å². The van der Waals surface area contributed by atoms with Crippen molar-refractivity contribution >= 4 is 50.2 Å². The third-order valence-corrected chi connectivity index (χ3v) is 6.47. The first-order valence-corrected chi connectivity index (χ1v) is 12.3. The Labute approximate surface area is 211 Å². The maximum Gasteiger partial charge on any atom is 0.273 e. The van der Waals surface area contributed by atoms with Gasteiger partial charge in [0.1, 0.15) is 4.70 Å². The van der Waals surface area contributed by atoms with Crippen LogP contribution in [-0.4, -0.2) is 44.3 Å². The lowest BCUT2D eigenvalue weighted by Gasteiger charge is -2.19. The summed E-state index contributed by atoms with van der Waals surface area (Å²) in [5.74, 6) is -0.766. The summed E-state index contributed by atoms with van der Waals surface area (Å²) < 4.78 is 2.23. The minimum atomic E-state index is -0.477. The van der Waals surface area contributed by atoms with Crippen LogP contribution in [0.25, 0.3) is 10.3 Å². The number of benzene rings is 2. The molecule has 2 aromatic carbocycles. The summed E-state index contributed by atoms with van der Waals surface area (Å²) >= 11 is 7.18. The van der Waals surface area contributed by atoms with E-state index in [2.05, 4.69) is 20.7 Å². The molecule has 0 spiro atoms. The predicted molar refractivity (Wildman–Crippen MR) is 138 cm³/mol. The number of nitrogens with zero attached hydrogens (tertiary/aromatic N) is 3. The van der Waals surface area contributed by atoms with Crippen molar-refractivity contribution in [1.29, 1.82) is 0 Å². The number of carbonyl (C=O) groups is 2. The monoisotopic (exact) mass is 511 g/mol. The van der Waals surface area contributed by atoms with Crippen LogP contribution in [0.15, 0.2) is 54.6 Å². The summed E-state index contributed by atoms with van der Waals surface area (Å²) in [5, 5.41) is 20.9. The molecule has 2 heterocycles. The molecule has 4 aromatic rings. The van der Waals surface area contributed by atoms with Crippen molar-refractivity contribution in [1.82, 2.24) is 20.1 Å². The van der Waals surface area contributed by atoms with E-state index in [-0.39, 0.29) is 18.2 Å². The van der Waals surface area contributed by atoms with Crippen molar-refractivity contribution in [2.75, 3.05) is 11.9 Å². The van der Waals surface area contributed by atoms with Crippen LogP contribution in [0.3, 0.4) is 0 Å². The molecular weight excluding hydrogens is 486 g/mol. The standard InChI is InChI=1S/C25H26ClN5O3S/c1-25(2,3)31-21-20(35-24(28-21)29-22(33)16-10-7-11-17(26)13-16)19(30-31)23(34)27-18(14-32)12-15-8-5-4-6-9-15/h4-11,13,18,32H,12,14H2,1-3H3,(H,27,34)(H,28,29,33)/t18-/m0/s1. The lowest BCUT2D eigenvalue weighted by Crippen LogP contribution is -2.39. The van der Waals surface area contributed by atoms with E-state index in [1.807, 2.05) is 51.1 Å². The van der Waals surface area contributed by atoms with Crippen LogP contribution in [-0.2, 0) is 12.0 Å². The highest BCUT2D eigenvalue weighted by Gasteiger charge is 2.28. The normalized spacial score (nSPS) is 12.5. The van der Waals surface area contributed by atoms with Crippen LogP contribution in [0.5, 0.6) is 0 Å². The highest BCUT2D eigenvalue weighted by atomic mass is 35.5. The molecule has 35 heavy (non-hydrogen) atoms. The molecule has 3 N–H and O–H groups in total. The summed E-state index contributed by atoms with van der Waals surface area (Å²) in [6.07, 6.45) is 0.482. The SMILES string of the molecule is CC(C)(C)n1nc(C(=O)N[C@H](CO)Cc2ccccc2)c2sc(NC(=O)c3cccc(Cl)c3)nc21. The van der Waals surface area contributed by atoms with Crippen LogP contribution in [0.4, 0.5) is 5.13 Å². The summed E-state index contributed by atoms with van der Waals surface area (Å²) in [6.45, 7) is 5.65. The Morgan fingerprint density at radius 3 is 2.51 bits per heavy atom. The van der Waals surface area contributed by atoms with Gasteiger partial charge >= 0.3 is 0 Å². The molecule has 0 unspecified atom stereocenters. The van der Waals surface area contributed by atoms with E-state index in [0.717, 1.165) is 5.56 Å². The fourth-order valence-electron chi connectivity index (χ4n) is 3.58. The zero-order valence-corrected chi connectivity index (χ0v) is 21.2. The van der Waals surface area contributed by atoms with Crippen molar-refractivity contribution in [3.05, 3.63) is 76.4 Å². The number of aliphatic hydroxyl groups excluding tert-OH is 1. The molecule has 182 valence electrons. The molecule has 0 bridgehead atoms. The van der Waals surface area contributed by atoms with Crippen molar-refractivity contribution in [2.45, 2.75) is 38.8 Å². The van der Waals surface area contributed by atoms with Gasteiger partial charge in [0.15, 0.2) is 16.5 Å². The van der Waals surface area contributed by atoms with Crippen LogP contribution < -0.4 is 10.6 Å². The van der Waals surface area contributed by atoms with Gasteiger partial charge in [-0.1, -0.05) is 59.3 Å². The molecule has 1 atom stereocenters. The van der Waals surface area contributed by atoms with Gasteiger partial charge < -0.3 is 10.4 Å². The Hall–Kier alpha value is -3.27. The molecule has 8 nitrogen and oxygen atoms in total. The van der Waals surface area contributed by atoms with Crippen molar-refractivity contribution in [3.63, 3.8) is 0 Å². The average molecular weight is 512 g/mol. The van der Waals surface area contributed by atoms with E-state index >= 15 is 0 Å². The molecule has 10 heteroatoms. The molecule has 2 amide bonds. The molecule has 0 aliphatic rings. The summed E-state index contributed by atoms with van der Waals surface area (Å²) in [7, 11) is 0. The van der Waals surface area contributed by atoms with Crippen molar-refractivity contribution < 1.29 is 14.7 Å². The number of hydrogen-bond donors (Lipinski definition) is 3. The zero-order chi connectivity index (χ0) is 25.2. The minimum absolute atomic E-state index is 0.196. The van der Waals surface area contributed by atoms with Crippen LogP contribution in [0, 0.1) is 0 Å². The number of aliphatic hydroxyl groups is 1. The number of hydrogen-bond acceptors (Lipinski definition) is 6. The number of rotatable bonds is 7. The van der Waals surface area contributed by atoms with Gasteiger partial charge in [-0.25, -0.2) is 4.68 Å². The fourth-order valence-corrected chi connectivity index (χ4v) is 4.70. The number of thiazole rings is 1. The van der Waals surface area contributed by atoms with E-state index in [1.165, 1.54) is 11.3 Å². The molecule has 0 radical (unpaired) electrons. The quantitative estimate of drug-likeness (QED) is 0.339. The zero-order valence-electron chi connectivity index (χ0n) is 19.6. The summed E-state index contributed by atoms with van der Waals surface area (Å²) in [6, 6.07) is 15.8. The number of carbonyl (C=O) groups excluding carboxylic acids is 2. The number of anilines is 1. The molecule has 0 saturated heterocycles. The third-order valence-electron chi connectivity index (χ3n) is 5.26. The first-order chi connectivity index (χ1) is 16.7. The topological polar surface area (TPSA) is 109 Å². The number of aromatic nitrogens is 3.